The summed E-state index contributed by atoms with van der Waals surface area (Å²) in [6, 6.07) is 16.9. The predicted molar refractivity (Wildman–Crippen MR) is 144 cm³/mol. The molecule has 1 aliphatic carbocycles. The van der Waals surface area contributed by atoms with Gasteiger partial charge in [-0.1, -0.05) is 59.7 Å². The molecule has 1 aliphatic rings. The molecule has 0 saturated carbocycles. The number of nitrogens with one attached hydrogen (secondary N) is 2. The van der Waals surface area contributed by atoms with Crippen molar-refractivity contribution in [3.8, 4) is 0 Å². The van der Waals surface area contributed by atoms with Gasteiger partial charge in [-0.05, 0) is 56.7 Å². The molecule has 8 heteroatoms. The number of benzene rings is 2. The number of anilines is 3. The molecule has 0 unspecified atom stereocenters. The molecule has 1 aromatic heterocycles. The van der Waals surface area contributed by atoms with E-state index in [1.165, 1.54) is 16.6 Å². The van der Waals surface area contributed by atoms with Crippen molar-refractivity contribution >= 4 is 23.1 Å². The molecule has 0 atom stereocenters. The van der Waals surface area contributed by atoms with E-state index in [9.17, 15) is 14.4 Å². The third-order valence-electron chi connectivity index (χ3n) is 6.47. The standard InChI is InChI=1S/C28H33N5O3/c1-20-12-14-23(15-13-20)30-24(34)19-32(17-16-21-8-4-2-5-9-21)25-26(29)33(28(36)31-27(25)35)18-22-10-6-3-7-11-22/h3,6-8,10-15H,2,4-5,9,16-19,29H2,1H3,(H,30,34)(H,31,35,36). The van der Waals surface area contributed by atoms with Crippen molar-refractivity contribution in [1.82, 2.24) is 9.55 Å². The van der Waals surface area contributed by atoms with Crippen LogP contribution in [0.2, 0.25) is 0 Å². The zero-order valence-electron chi connectivity index (χ0n) is 20.6. The van der Waals surface area contributed by atoms with Gasteiger partial charge in [0, 0.05) is 12.2 Å². The molecule has 188 valence electrons. The minimum atomic E-state index is -0.595. The van der Waals surface area contributed by atoms with Crippen LogP contribution in [0, 0.1) is 6.92 Å². The summed E-state index contributed by atoms with van der Waals surface area (Å²) < 4.78 is 1.34. The van der Waals surface area contributed by atoms with Crippen molar-refractivity contribution in [3.63, 3.8) is 0 Å². The number of allylic oxidation sites excluding steroid dienone is 1. The molecule has 0 radical (unpaired) electrons. The van der Waals surface area contributed by atoms with E-state index in [0.29, 0.717) is 18.7 Å². The molecule has 2 aromatic carbocycles. The number of aromatic nitrogens is 2. The zero-order chi connectivity index (χ0) is 25.5. The SMILES string of the molecule is Cc1ccc(NC(=O)CN(CCC2=CCCCC2)c2c(N)n(Cc3ccccc3)c(=O)[nH]c2=O)cc1. The van der Waals surface area contributed by atoms with Crippen LogP contribution in [0.1, 0.15) is 43.2 Å². The molecule has 0 aliphatic heterocycles. The van der Waals surface area contributed by atoms with Crippen molar-refractivity contribution in [2.24, 2.45) is 0 Å². The topological polar surface area (TPSA) is 113 Å². The highest BCUT2D eigenvalue weighted by atomic mass is 16.2. The number of rotatable bonds is 9. The van der Waals surface area contributed by atoms with Crippen LogP contribution >= 0.6 is 0 Å². The van der Waals surface area contributed by atoms with Crippen molar-refractivity contribution < 1.29 is 4.79 Å². The Balaban J connectivity index is 1.64. The molecule has 1 heterocycles. The molecule has 0 bridgehead atoms. The minimum absolute atomic E-state index is 0.0494. The van der Waals surface area contributed by atoms with Crippen LogP contribution in [-0.2, 0) is 11.3 Å². The van der Waals surface area contributed by atoms with E-state index in [1.54, 1.807) is 4.90 Å². The van der Waals surface area contributed by atoms with Crippen molar-refractivity contribution in [2.45, 2.75) is 45.6 Å². The summed E-state index contributed by atoms with van der Waals surface area (Å²) in [6.45, 7) is 2.55. The van der Waals surface area contributed by atoms with Gasteiger partial charge in [-0.15, -0.1) is 0 Å². The van der Waals surface area contributed by atoms with Gasteiger partial charge in [0.2, 0.25) is 5.91 Å². The van der Waals surface area contributed by atoms with E-state index in [-0.39, 0.29) is 30.5 Å². The fourth-order valence-electron chi connectivity index (χ4n) is 4.50. The van der Waals surface area contributed by atoms with Gasteiger partial charge in [-0.3, -0.25) is 19.1 Å². The Labute approximate surface area is 210 Å². The zero-order valence-corrected chi connectivity index (χ0v) is 20.6. The highest BCUT2D eigenvalue weighted by Crippen LogP contribution is 2.23. The highest BCUT2D eigenvalue weighted by molar-refractivity contribution is 5.94. The van der Waals surface area contributed by atoms with Gasteiger partial charge in [0.25, 0.3) is 5.56 Å². The molecular weight excluding hydrogens is 454 g/mol. The second-order valence-electron chi connectivity index (χ2n) is 9.26. The Morgan fingerprint density at radius 2 is 1.83 bits per heavy atom. The van der Waals surface area contributed by atoms with Gasteiger partial charge in [-0.25, -0.2) is 4.79 Å². The number of carbonyl (C=O) groups is 1. The van der Waals surface area contributed by atoms with Gasteiger partial charge in [-0.2, -0.15) is 0 Å². The van der Waals surface area contributed by atoms with Crippen LogP contribution in [-0.4, -0.2) is 28.5 Å². The van der Waals surface area contributed by atoms with Gasteiger partial charge in [0.1, 0.15) is 11.5 Å². The lowest BCUT2D eigenvalue weighted by molar-refractivity contribution is -0.115. The number of amides is 1. The average molecular weight is 488 g/mol. The first-order chi connectivity index (χ1) is 17.4. The largest absolute Gasteiger partial charge is 0.383 e. The third-order valence-corrected chi connectivity index (χ3v) is 6.47. The lowest BCUT2D eigenvalue weighted by Crippen LogP contribution is -2.42. The first-order valence-electron chi connectivity index (χ1n) is 12.4. The Morgan fingerprint density at radius 1 is 1.08 bits per heavy atom. The quantitative estimate of drug-likeness (QED) is 0.397. The summed E-state index contributed by atoms with van der Waals surface area (Å²) in [5.41, 5.74) is 9.37. The molecule has 4 rings (SSSR count). The second-order valence-corrected chi connectivity index (χ2v) is 9.26. The fraction of sp³-hybridized carbons (Fsp3) is 0.321. The van der Waals surface area contributed by atoms with Crippen LogP contribution in [0.15, 0.2) is 75.8 Å². The maximum absolute atomic E-state index is 13.0. The van der Waals surface area contributed by atoms with Crippen molar-refractivity contribution in [3.05, 3.63) is 98.2 Å². The predicted octanol–water partition coefficient (Wildman–Crippen LogP) is 3.81. The highest BCUT2D eigenvalue weighted by Gasteiger charge is 2.22. The molecule has 0 spiro atoms. The monoisotopic (exact) mass is 487 g/mol. The number of carbonyl (C=O) groups excluding carboxylic acids is 1. The summed E-state index contributed by atoms with van der Waals surface area (Å²) in [4.78, 5) is 42.8. The number of aromatic amines is 1. The summed E-state index contributed by atoms with van der Waals surface area (Å²) in [5, 5.41) is 2.90. The molecule has 0 fully saturated rings. The maximum Gasteiger partial charge on any atom is 0.330 e. The number of hydrogen-bond donors (Lipinski definition) is 3. The molecule has 0 saturated heterocycles. The fourth-order valence-corrected chi connectivity index (χ4v) is 4.50. The summed E-state index contributed by atoms with van der Waals surface area (Å²) in [5.74, 6) is -0.218. The molecule has 1 amide bonds. The number of hydrogen-bond acceptors (Lipinski definition) is 5. The molecule has 3 aromatic rings. The van der Waals surface area contributed by atoms with E-state index in [1.807, 2.05) is 61.5 Å². The summed E-state index contributed by atoms with van der Waals surface area (Å²) in [7, 11) is 0. The van der Waals surface area contributed by atoms with Gasteiger partial charge < -0.3 is 16.0 Å². The smallest absolute Gasteiger partial charge is 0.330 e. The lowest BCUT2D eigenvalue weighted by atomic mass is 9.97. The molecular formula is C28H33N5O3. The first-order valence-corrected chi connectivity index (χ1v) is 12.4. The van der Waals surface area contributed by atoms with E-state index in [4.69, 9.17) is 5.73 Å². The van der Waals surface area contributed by atoms with Gasteiger partial charge in [0.05, 0.1) is 13.1 Å². The Morgan fingerprint density at radius 3 is 2.53 bits per heavy atom. The first kappa shape index (κ1) is 25.0. The normalized spacial score (nSPS) is 13.2. The van der Waals surface area contributed by atoms with Crippen LogP contribution in [0.4, 0.5) is 17.2 Å². The summed E-state index contributed by atoms with van der Waals surface area (Å²) >= 11 is 0. The number of nitrogen functional groups attached to an aromatic ring is 1. The second kappa shape index (κ2) is 11.6. The minimum Gasteiger partial charge on any atom is -0.383 e. The number of H-pyrrole nitrogens is 1. The van der Waals surface area contributed by atoms with Crippen LogP contribution in [0.25, 0.3) is 0 Å². The molecule has 8 nitrogen and oxygen atoms in total. The van der Waals surface area contributed by atoms with Gasteiger partial charge >= 0.3 is 5.69 Å². The van der Waals surface area contributed by atoms with E-state index in [0.717, 1.165) is 30.4 Å². The molecule has 4 N–H and O–H groups in total. The van der Waals surface area contributed by atoms with Crippen molar-refractivity contribution in [2.75, 3.05) is 29.0 Å². The van der Waals surface area contributed by atoms with E-state index in [2.05, 4.69) is 16.4 Å². The van der Waals surface area contributed by atoms with Gasteiger partial charge in [0.15, 0.2) is 0 Å². The van der Waals surface area contributed by atoms with Crippen LogP contribution in [0.5, 0.6) is 0 Å². The lowest BCUT2D eigenvalue weighted by Gasteiger charge is -2.27. The Bertz CT molecular complexity index is 1340. The van der Waals surface area contributed by atoms with Crippen LogP contribution < -0.4 is 27.2 Å². The average Bonchev–Trinajstić information content (AvgIpc) is 2.87. The van der Waals surface area contributed by atoms with Crippen molar-refractivity contribution in [1.29, 1.82) is 0 Å². The third kappa shape index (κ3) is 6.33. The Kier molecular flexibility index (Phi) is 8.05. The Hall–Kier alpha value is -4.07. The van der Waals surface area contributed by atoms with E-state index >= 15 is 0 Å². The number of nitrogens with zero attached hydrogens (tertiary/aromatic N) is 2. The van der Waals surface area contributed by atoms with Crippen LogP contribution in [0.3, 0.4) is 0 Å². The molecule has 36 heavy (non-hydrogen) atoms. The summed E-state index contributed by atoms with van der Waals surface area (Å²) in [6.07, 6.45) is 7.36. The maximum atomic E-state index is 13.0. The number of aryl methyl sites for hydroxylation is 1. The van der Waals surface area contributed by atoms with E-state index < -0.39 is 11.2 Å². The number of nitrogens with two attached hydrogens (primary N) is 1.